The van der Waals surface area contributed by atoms with Crippen molar-refractivity contribution in [1.82, 2.24) is 0 Å². The number of hydrogen-bond acceptors (Lipinski definition) is 6. The molecule has 0 saturated carbocycles. The molecule has 40 heavy (non-hydrogen) atoms. The zero-order chi connectivity index (χ0) is 28.4. The number of carbonyl (C=O) groups excluding carboxylic acids is 2. The van der Waals surface area contributed by atoms with Gasteiger partial charge in [-0.15, -0.1) is 0 Å². The highest BCUT2D eigenvalue weighted by Crippen LogP contribution is 2.56. The Morgan fingerprint density at radius 3 is 2.50 bits per heavy atom. The van der Waals surface area contributed by atoms with Gasteiger partial charge in [0.05, 0.1) is 29.0 Å². The fourth-order valence-corrected chi connectivity index (χ4v) is 5.68. The molecule has 2 N–H and O–H groups in total. The second-order valence-electron chi connectivity index (χ2n) is 9.44. The molecule has 11 heteroatoms. The Labute approximate surface area is 225 Å². The average molecular weight is 546 g/mol. The number of benzene rings is 3. The van der Waals surface area contributed by atoms with E-state index < -0.39 is 34.8 Å². The van der Waals surface area contributed by atoms with Gasteiger partial charge in [0.15, 0.2) is 0 Å². The molecule has 0 fully saturated rings. The van der Waals surface area contributed by atoms with Gasteiger partial charge in [0.2, 0.25) is 5.91 Å². The molecule has 3 heterocycles. The molecule has 1 spiro atoms. The van der Waals surface area contributed by atoms with Crippen LogP contribution in [0.1, 0.15) is 16.7 Å². The van der Waals surface area contributed by atoms with Crippen LogP contribution in [-0.4, -0.2) is 18.5 Å². The molecule has 0 radical (unpaired) electrons. The van der Waals surface area contributed by atoms with Gasteiger partial charge >= 0.3 is 12.1 Å². The van der Waals surface area contributed by atoms with Crippen LogP contribution in [-0.2, 0) is 32.5 Å². The number of ether oxygens (including phenoxy) is 1. The number of esters is 1. The number of nitrogens with two attached hydrogens (primary N) is 1. The van der Waals surface area contributed by atoms with E-state index in [2.05, 4.69) is 0 Å². The minimum atomic E-state index is -4.67. The van der Waals surface area contributed by atoms with Gasteiger partial charge in [-0.25, -0.2) is 9.18 Å². The van der Waals surface area contributed by atoms with Crippen LogP contribution in [0, 0.1) is 17.1 Å². The Hall–Kier alpha value is -5.11. The third-order valence-corrected chi connectivity index (χ3v) is 7.29. The van der Waals surface area contributed by atoms with Crippen molar-refractivity contribution in [3.05, 3.63) is 118 Å². The monoisotopic (exact) mass is 546 g/mol. The lowest BCUT2D eigenvalue weighted by Crippen LogP contribution is -2.50. The summed E-state index contributed by atoms with van der Waals surface area (Å²) in [5.74, 6) is -2.40. The normalized spacial score (nSPS) is 20.2. The third kappa shape index (κ3) is 3.42. The van der Waals surface area contributed by atoms with Gasteiger partial charge in [0.1, 0.15) is 29.7 Å². The van der Waals surface area contributed by atoms with E-state index in [0.717, 1.165) is 17.0 Å². The number of para-hydroxylation sites is 1. The van der Waals surface area contributed by atoms with Crippen molar-refractivity contribution in [2.45, 2.75) is 18.1 Å². The molecule has 3 aliphatic heterocycles. The summed E-state index contributed by atoms with van der Waals surface area (Å²) in [5, 5.41) is 10.4. The van der Waals surface area contributed by atoms with E-state index in [1.807, 2.05) is 6.07 Å². The minimum absolute atomic E-state index is 0.0524. The number of amides is 1. The number of cyclic esters (lactones) is 1. The first-order valence-electron chi connectivity index (χ1n) is 12.0. The van der Waals surface area contributed by atoms with Crippen molar-refractivity contribution in [2.75, 3.05) is 16.4 Å². The number of rotatable bonds is 3. The molecule has 1 atom stereocenters. The largest absolute Gasteiger partial charge is 0.456 e. The Morgan fingerprint density at radius 2 is 1.77 bits per heavy atom. The van der Waals surface area contributed by atoms with Gasteiger partial charge in [-0.3, -0.25) is 9.69 Å². The van der Waals surface area contributed by atoms with Crippen LogP contribution in [0.2, 0.25) is 0 Å². The van der Waals surface area contributed by atoms with Gasteiger partial charge < -0.3 is 15.4 Å². The fraction of sp³-hybridized carbons (Fsp3) is 0.138. The maximum Gasteiger partial charge on any atom is 0.416 e. The van der Waals surface area contributed by atoms with Gasteiger partial charge in [0, 0.05) is 16.9 Å². The lowest BCUT2D eigenvalue weighted by molar-refractivity contribution is -0.138. The molecule has 1 amide bonds. The standard InChI is InChI=1S/C29H18F4N4O3/c30-18-7-3-5-16(11-18)14-36-22-10-2-1-9-20(22)28(27(36)39)21(13-34)25(35)37(23-15-40-26(38)24(23)28)19-8-4-6-17(12-19)29(31,32)33/h1-12H,14-15,35H2/t28-/m0/s1. The quantitative estimate of drug-likeness (QED) is 0.379. The fourth-order valence-electron chi connectivity index (χ4n) is 5.68. The predicted molar refractivity (Wildman–Crippen MR) is 134 cm³/mol. The first-order chi connectivity index (χ1) is 19.1. The molecule has 3 aliphatic rings. The van der Waals surface area contributed by atoms with Crippen LogP contribution in [0.3, 0.4) is 0 Å². The molecule has 200 valence electrons. The molecule has 0 aromatic heterocycles. The zero-order valence-electron chi connectivity index (χ0n) is 20.5. The van der Waals surface area contributed by atoms with Crippen LogP contribution >= 0.6 is 0 Å². The van der Waals surface area contributed by atoms with Gasteiger partial charge in [-0.2, -0.15) is 18.4 Å². The second-order valence-corrected chi connectivity index (χ2v) is 9.44. The predicted octanol–water partition coefficient (Wildman–Crippen LogP) is 4.65. The van der Waals surface area contributed by atoms with E-state index in [1.54, 1.807) is 30.3 Å². The maximum absolute atomic E-state index is 14.4. The average Bonchev–Trinajstić information content (AvgIpc) is 3.41. The van der Waals surface area contributed by atoms with E-state index in [0.29, 0.717) is 11.3 Å². The van der Waals surface area contributed by atoms with Crippen LogP contribution in [0.5, 0.6) is 0 Å². The van der Waals surface area contributed by atoms with Crippen LogP contribution < -0.4 is 15.5 Å². The molecule has 3 aromatic carbocycles. The van der Waals surface area contributed by atoms with Crippen molar-refractivity contribution >= 4 is 23.3 Å². The molecule has 3 aromatic rings. The first kappa shape index (κ1) is 25.2. The van der Waals surface area contributed by atoms with Crippen molar-refractivity contribution in [3.8, 4) is 6.07 Å². The van der Waals surface area contributed by atoms with Crippen molar-refractivity contribution in [2.24, 2.45) is 5.73 Å². The molecule has 0 unspecified atom stereocenters. The molecular formula is C29H18F4N4O3. The summed E-state index contributed by atoms with van der Waals surface area (Å²) in [5.41, 5.74) is 4.10. The Morgan fingerprint density at radius 1 is 1.02 bits per heavy atom. The summed E-state index contributed by atoms with van der Waals surface area (Å²) < 4.78 is 59.9. The summed E-state index contributed by atoms with van der Waals surface area (Å²) in [7, 11) is 0. The lowest BCUT2D eigenvalue weighted by atomic mass is 9.67. The number of anilines is 2. The molecular weight excluding hydrogens is 528 g/mol. The first-order valence-corrected chi connectivity index (χ1v) is 12.0. The molecule has 0 saturated heterocycles. The Kier molecular flexibility index (Phi) is 5.48. The van der Waals surface area contributed by atoms with Gasteiger partial charge in [-0.05, 0) is 42.0 Å². The Bertz CT molecular complexity index is 1720. The number of nitriles is 1. The van der Waals surface area contributed by atoms with Gasteiger partial charge in [0.25, 0.3) is 0 Å². The van der Waals surface area contributed by atoms with E-state index in [-0.39, 0.29) is 47.1 Å². The number of hydrogen-bond donors (Lipinski definition) is 1. The van der Waals surface area contributed by atoms with Crippen molar-refractivity contribution in [1.29, 1.82) is 5.26 Å². The third-order valence-electron chi connectivity index (χ3n) is 7.29. The summed E-state index contributed by atoms with van der Waals surface area (Å²) in [6.07, 6.45) is -4.67. The summed E-state index contributed by atoms with van der Waals surface area (Å²) in [6.45, 7) is -0.464. The number of carbonyl (C=O) groups is 2. The summed E-state index contributed by atoms with van der Waals surface area (Å²) >= 11 is 0. The highest BCUT2D eigenvalue weighted by molar-refractivity contribution is 6.19. The highest BCUT2D eigenvalue weighted by atomic mass is 19.4. The van der Waals surface area contributed by atoms with Crippen LogP contribution in [0.4, 0.5) is 28.9 Å². The number of fused-ring (bicyclic) bond motifs is 3. The van der Waals surface area contributed by atoms with E-state index in [4.69, 9.17) is 10.5 Å². The van der Waals surface area contributed by atoms with E-state index in [1.165, 1.54) is 35.2 Å². The lowest BCUT2D eigenvalue weighted by Gasteiger charge is -2.38. The van der Waals surface area contributed by atoms with E-state index >= 15 is 0 Å². The second kappa shape index (κ2) is 8.71. The van der Waals surface area contributed by atoms with E-state index in [9.17, 15) is 32.4 Å². The zero-order valence-corrected chi connectivity index (χ0v) is 20.5. The Balaban J connectivity index is 1.59. The van der Waals surface area contributed by atoms with Crippen LogP contribution in [0.15, 0.2) is 95.5 Å². The van der Waals surface area contributed by atoms with Crippen molar-refractivity contribution < 1.29 is 31.9 Å². The summed E-state index contributed by atoms with van der Waals surface area (Å²) in [6, 6.07) is 18.4. The molecule has 0 aliphatic carbocycles. The number of alkyl halides is 3. The highest BCUT2D eigenvalue weighted by Gasteiger charge is 2.64. The smallest absolute Gasteiger partial charge is 0.416 e. The van der Waals surface area contributed by atoms with Gasteiger partial charge in [-0.1, -0.05) is 36.4 Å². The minimum Gasteiger partial charge on any atom is -0.456 e. The molecule has 7 nitrogen and oxygen atoms in total. The summed E-state index contributed by atoms with van der Waals surface area (Å²) in [4.78, 5) is 30.3. The SMILES string of the molecule is N#CC1=C(N)N(c2cccc(C(F)(F)F)c2)C2=C(C(=O)OC2)[C@@]12C(=O)N(Cc1cccc(F)c1)c1ccccc12. The topological polar surface area (TPSA) is 99.7 Å². The number of nitrogens with zero attached hydrogens (tertiary/aromatic N) is 3. The maximum atomic E-state index is 14.4. The number of halogens is 4. The van der Waals surface area contributed by atoms with Crippen LogP contribution in [0.25, 0.3) is 0 Å². The van der Waals surface area contributed by atoms with Crippen molar-refractivity contribution in [3.63, 3.8) is 0 Å². The molecule has 0 bridgehead atoms. The molecule has 6 rings (SSSR count).